The van der Waals surface area contributed by atoms with Crippen LogP contribution in [0, 0.1) is 6.92 Å². The Bertz CT molecular complexity index is 952. The summed E-state index contributed by atoms with van der Waals surface area (Å²) in [6.07, 6.45) is 2.85. The monoisotopic (exact) mass is 381 g/mol. The van der Waals surface area contributed by atoms with Crippen LogP contribution in [-0.4, -0.2) is 23.0 Å². The molecule has 0 saturated heterocycles. The Morgan fingerprint density at radius 2 is 1.67 bits per heavy atom. The molecule has 2 aromatic heterocycles. The van der Waals surface area contributed by atoms with Gasteiger partial charge in [0.2, 0.25) is 5.78 Å². The molecule has 2 heterocycles. The first-order chi connectivity index (χ1) is 13.1. The predicted molar refractivity (Wildman–Crippen MR) is 107 cm³/mol. The van der Waals surface area contributed by atoms with Gasteiger partial charge in [0.25, 0.3) is 0 Å². The fourth-order valence-electron chi connectivity index (χ4n) is 2.46. The Labute approximate surface area is 161 Å². The van der Waals surface area contributed by atoms with Crippen molar-refractivity contribution in [3.63, 3.8) is 0 Å². The Morgan fingerprint density at radius 1 is 1.04 bits per heavy atom. The highest BCUT2D eigenvalue weighted by Gasteiger charge is 2.26. The number of aliphatic imine (C=N–C) groups is 1. The van der Waals surface area contributed by atoms with E-state index >= 15 is 0 Å². The third-order valence-corrected chi connectivity index (χ3v) is 5.01. The van der Waals surface area contributed by atoms with Gasteiger partial charge in [-0.3, -0.25) is 9.79 Å². The summed E-state index contributed by atoms with van der Waals surface area (Å²) in [6.45, 7) is 2.03. The van der Waals surface area contributed by atoms with E-state index in [1.165, 1.54) is 29.9 Å². The summed E-state index contributed by atoms with van der Waals surface area (Å²) in [7, 11) is 1.59. The number of hydrogen-bond acceptors (Lipinski definition) is 6. The molecule has 0 saturated carbocycles. The number of benzene rings is 1. The van der Waals surface area contributed by atoms with Crippen LogP contribution >= 0.6 is 11.8 Å². The summed E-state index contributed by atoms with van der Waals surface area (Å²) in [5.74, 6) is 0.208. The number of ketones is 1. The lowest BCUT2D eigenvalue weighted by atomic mass is 10.1. The minimum absolute atomic E-state index is 0.0551. The molecule has 3 aromatic rings. The van der Waals surface area contributed by atoms with Gasteiger partial charge in [-0.25, -0.2) is 0 Å². The van der Waals surface area contributed by atoms with Gasteiger partial charge in [-0.05, 0) is 36.8 Å². The average Bonchev–Trinajstić information content (AvgIpc) is 3.39. The standard InChI is InChI=1S/C21H19NO4S/c1-14-7-9-15(10-8-14)13-27-21(22-2)18(19(23)16-5-3-11-25-16)20(24)17-6-4-12-26-17/h3-12,23H,13H2,1-2H3/b19-18+,22-21?. The minimum atomic E-state index is -0.453. The summed E-state index contributed by atoms with van der Waals surface area (Å²) in [5.41, 5.74) is 2.32. The summed E-state index contributed by atoms with van der Waals surface area (Å²) < 4.78 is 10.5. The van der Waals surface area contributed by atoms with Crippen LogP contribution in [0.4, 0.5) is 0 Å². The van der Waals surface area contributed by atoms with Crippen molar-refractivity contribution in [2.24, 2.45) is 4.99 Å². The van der Waals surface area contributed by atoms with Crippen molar-refractivity contribution >= 4 is 28.3 Å². The highest BCUT2D eigenvalue weighted by atomic mass is 32.2. The lowest BCUT2D eigenvalue weighted by molar-refractivity contribution is 0.101. The number of carbonyl (C=O) groups excluding carboxylic acids is 1. The maximum atomic E-state index is 13.0. The highest BCUT2D eigenvalue weighted by Crippen LogP contribution is 2.27. The molecule has 0 spiro atoms. The molecule has 0 atom stereocenters. The van der Waals surface area contributed by atoms with E-state index < -0.39 is 5.78 Å². The molecule has 0 fully saturated rings. The van der Waals surface area contributed by atoms with E-state index in [9.17, 15) is 9.90 Å². The van der Waals surface area contributed by atoms with Crippen LogP contribution in [0.25, 0.3) is 5.76 Å². The second-order valence-electron chi connectivity index (χ2n) is 5.81. The normalized spacial score (nSPS) is 12.7. The smallest absolute Gasteiger partial charge is 0.234 e. The van der Waals surface area contributed by atoms with Crippen LogP contribution in [-0.2, 0) is 5.75 Å². The van der Waals surface area contributed by atoms with Gasteiger partial charge in [-0.15, -0.1) is 11.8 Å². The molecule has 1 N–H and O–H groups in total. The molecule has 0 bridgehead atoms. The molecule has 6 heteroatoms. The number of thioether (sulfide) groups is 1. The first kappa shape index (κ1) is 18.8. The van der Waals surface area contributed by atoms with Gasteiger partial charge in [0.1, 0.15) is 10.6 Å². The molecule has 0 aliphatic heterocycles. The van der Waals surface area contributed by atoms with E-state index in [1.54, 1.807) is 31.3 Å². The Kier molecular flexibility index (Phi) is 5.98. The third-order valence-electron chi connectivity index (χ3n) is 3.88. The van der Waals surface area contributed by atoms with Crippen molar-refractivity contribution < 1.29 is 18.7 Å². The number of hydrogen-bond donors (Lipinski definition) is 1. The van der Waals surface area contributed by atoms with Crippen LogP contribution in [0.15, 0.2) is 80.5 Å². The van der Waals surface area contributed by atoms with Crippen molar-refractivity contribution in [1.29, 1.82) is 0 Å². The molecule has 0 radical (unpaired) electrons. The number of aliphatic hydroxyl groups excluding tert-OH is 1. The van der Waals surface area contributed by atoms with Crippen LogP contribution in [0.5, 0.6) is 0 Å². The summed E-state index contributed by atoms with van der Waals surface area (Å²) in [4.78, 5) is 17.2. The predicted octanol–water partition coefficient (Wildman–Crippen LogP) is 5.29. The van der Waals surface area contributed by atoms with Gasteiger partial charge >= 0.3 is 0 Å². The van der Waals surface area contributed by atoms with Gasteiger partial charge in [0.05, 0.1) is 12.5 Å². The molecular weight excluding hydrogens is 362 g/mol. The lowest BCUT2D eigenvalue weighted by Crippen LogP contribution is -2.13. The van der Waals surface area contributed by atoms with Gasteiger partial charge in [-0.1, -0.05) is 29.8 Å². The second-order valence-corrected chi connectivity index (χ2v) is 6.77. The van der Waals surface area contributed by atoms with E-state index in [1.807, 2.05) is 31.2 Å². The first-order valence-corrected chi connectivity index (χ1v) is 9.29. The molecule has 1 aromatic carbocycles. The maximum Gasteiger partial charge on any atom is 0.234 e. The fourth-order valence-corrected chi connectivity index (χ4v) is 3.42. The third kappa shape index (κ3) is 4.41. The van der Waals surface area contributed by atoms with Crippen LogP contribution < -0.4 is 0 Å². The Balaban J connectivity index is 1.94. The number of aliphatic hydroxyl groups is 1. The van der Waals surface area contributed by atoms with E-state index in [0.717, 1.165) is 5.56 Å². The first-order valence-electron chi connectivity index (χ1n) is 8.31. The van der Waals surface area contributed by atoms with Crippen molar-refractivity contribution in [2.45, 2.75) is 12.7 Å². The highest BCUT2D eigenvalue weighted by molar-refractivity contribution is 8.13. The molecule has 27 heavy (non-hydrogen) atoms. The second kappa shape index (κ2) is 8.60. The number of Topliss-reactive ketones (excluding diaryl/α,β-unsaturated/α-hetero) is 1. The number of rotatable bonds is 6. The largest absolute Gasteiger partial charge is 0.504 e. The van der Waals surface area contributed by atoms with Gasteiger partial charge in [0, 0.05) is 12.8 Å². The number of aryl methyl sites for hydroxylation is 1. The molecule has 0 amide bonds. The van der Waals surface area contributed by atoms with Gasteiger partial charge in [0.15, 0.2) is 17.3 Å². The fraction of sp³-hybridized carbons (Fsp3) is 0.143. The zero-order valence-corrected chi connectivity index (χ0v) is 15.8. The van der Waals surface area contributed by atoms with Crippen molar-refractivity contribution in [3.05, 3.63) is 89.3 Å². The molecule has 0 unspecified atom stereocenters. The molecule has 5 nitrogen and oxygen atoms in total. The Morgan fingerprint density at radius 3 is 2.22 bits per heavy atom. The van der Waals surface area contributed by atoms with E-state index in [0.29, 0.717) is 10.8 Å². The molecule has 0 aliphatic carbocycles. The number of nitrogens with zero attached hydrogens (tertiary/aromatic N) is 1. The van der Waals surface area contributed by atoms with Crippen LogP contribution in [0.2, 0.25) is 0 Å². The van der Waals surface area contributed by atoms with Crippen molar-refractivity contribution in [2.75, 3.05) is 7.05 Å². The summed E-state index contributed by atoms with van der Waals surface area (Å²) in [6, 6.07) is 14.5. The topological polar surface area (TPSA) is 75.9 Å². The summed E-state index contributed by atoms with van der Waals surface area (Å²) >= 11 is 1.37. The van der Waals surface area contributed by atoms with Crippen LogP contribution in [0.1, 0.15) is 27.4 Å². The van der Waals surface area contributed by atoms with Crippen LogP contribution in [0.3, 0.4) is 0 Å². The number of furan rings is 2. The SMILES string of the molecule is CN=C(SCc1ccc(C)cc1)/C(C(=O)c1ccco1)=C(/O)c1ccco1. The minimum Gasteiger partial charge on any atom is -0.504 e. The number of carbonyl (C=O) groups is 1. The average molecular weight is 381 g/mol. The van der Waals surface area contributed by atoms with E-state index in [-0.39, 0.29) is 22.9 Å². The zero-order chi connectivity index (χ0) is 19.2. The van der Waals surface area contributed by atoms with Crippen molar-refractivity contribution in [1.82, 2.24) is 0 Å². The van der Waals surface area contributed by atoms with Gasteiger partial charge in [-0.2, -0.15) is 0 Å². The lowest BCUT2D eigenvalue weighted by Gasteiger charge is -2.11. The van der Waals surface area contributed by atoms with E-state index in [2.05, 4.69) is 4.99 Å². The molecule has 138 valence electrons. The zero-order valence-electron chi connectivity index (χ0n) is 15.0. The maximum absolute atomic E-state index is 13.0. The van der Waals surface area contributed by atoms with E-state index in [4.69, 9.17) is 8.83 Å². The quantitative estimate of drug-likeness (QED) is 0.206. The summed E-state index contributed by atoms with van der Waals surface area (Å²) in [5, 5.41) is 11.1. The van der Waals surface area contributed by atoms with Gasteiger partial charge < -0.3 is 13.9 Å². The molecule has 3 rings (SSSR count). The molecule has 0 aliphatic rings. The van der Waals surface area contributed by atoms with Crippen molar-refractivity contribution in [3.8, 4) is 0 Å². The molecular formula is C21H19NO4S. The Hall–Kier alpha value is -2.99.